The number of unbranched alkanes of at least 4 members (excludes halogenated alkanes) is 2. The van der Waals surface area contributed by atoms with Crippen LogP contribution in [0, 0.1) is 34.5 Å². The first-order chi connectivity index (χ1) is 13.9. The Hall–Kier alpha value is -0.820. The SMILES string of the molecule is C=C.CCCCC[C@@H](C)[C@H]1CC[C@H]2C3=CC=C4C[C@@H](O)CC[C@]4(C)[C@H]3CC[C@]12C. The molecule has 164 valence electrons. The highest BCUT2D eigenvalue weighted by atomic mass is 16.3. The summed E-state index contributed by atoms with van der Waals surface area (Å²) in [7, 11) is 0. The number of aliphatic hydroxyl groups excluding tert-OH is 1. The van der Waals surface area contributed by atoms with Gasteiger partial charge in [-0.1, -0.05) is 76.7 Å². The van der Waals surface area contributed by atoms with Crippen LogP contribution < -0.4 is 0 Å². The second-order valence-electron chi connectivity index (χ2n) is 11.0. The second kappa shape index (κ2) is 9.13. The fourth-order valence-electron chi connectivity index (χ4n) is 7.88. The topological polar surface area (TPSA) is 20.2 Å². The van der Waals surface area contributed by atoms with Gasteiger partial charge in [-0.3, -0.25) is 0 Å². The predicted molar refractivity (Wildman–Crippen MR) is 126 cm³/mol. The number of hydrogen-bond acceptors (Lipinski definition) is 1. The summed E-state index contributed by atoms with van der Waals surface area (Å²) >= 11 is 0. The molecule has 0 aromatic rings. The summed E-state index contributed by atoms with van der Waals surface area (Å²) in [5.74, 6) is 3.37. The zero-order valence-electron chi connectivity index (χ0n) is 19.7. The van der Waals surface area contributed by atoms with Crippen LogP contribution in [0.4, 0.5) is 0 Å². The molecule has 4 aliphatic carbocycles. The van der Waals surface area contributed by atoms with E-state index < -0.39 is 0 Å². The second-order valence-corrected chi connectivity index (χ2v) is 11.0. The van der Waals surface area contributed by atoms with E-state index in [-0.39, 0.29) is 6.10 Å². The van der Waals surface area contributed by atoms with Gasteiger partial charge in [0.05, 0.1) is 6.10 Å². The Morgan fingerprint density at radius 1 is 1.03 bits per heavy atom. The van der Waals surface area contributed by atoms with Crippen LogP contribution in [-0.4, -0.2) is 11.2 Å². The van der Waals surface area contributed by atoms with Crippen LogP contribution >= 0.6 is 0 Å². The molecule has 0 unspecified atom stereocenters. The van der Waals surface area contributed by atoms with E-state index in [9.17, 15) is 5.11 Å². The van der Waals surface area contributed by atoms with Crippen molar-refractivity contribution in [2.75, 3.05) is 0 Å². The molecule has 0 amide bonds. The molecule has 0 aromatic heterocycles. The minimum absolute atomic E-state index is 0.104. The van der Waals surface area contributed by atoms with E-state index in [1.807, 2.05) is 0 Å². The third-order valence-corrected chi connectivity index (χ3v) is 9.57. The van der Waals surface area contributed by atoms with Crippen molar-refractivity contribution in [3.8, 4) is 0 Å². The van der Waals surface area contributed by atoms with Crippen LogP contribution in [0.5, 0.6) is 0 Å². The number of hydrogen-bond donors (Lipinski definition) is 1. The van der Waals surface area contributed by atoms with E-state index in [0.717, 1.165) is 36.5 Å². The highest BCUT2D eigenvalue weighted by Gasteiger charge is 2.56. The predicted octanol–water partition coefficient (Wildman–Crippen LogP) is 7.87. The molecule has 0 bridgehead atoms. The molecule has 7 atom stereocenters. The maximum Gasteiger partial charge on any atom is 0.0578 e. The van der Waals surface area contributed by atoms with Crippen LogP contribution in [0.2, 0.25) is 0 Å². The molecule has 1 nitrogen and oxygen atoms in total. The van der Waals surface area contributed by atoms with Crippen LogP contribution in [0.15, 0.2) is 36.5 Å². The first-order valence-corrected chi connectivity index (χ1v) is 12.5. The van der Waals surface area contributed by atoms with E-state index in [1.54, 1.807) is 11.1 Å². The van der Waals surface area contributed by atoms with Gasteiger partial charge in [0, 0.05) is 0 Å². The molecule has 1 heteroatoms. The molecule has 4 aliphatic rings. The Balaban J connectivity index is 0.00000117. The number of rotatable bonds is 5. The maximum absolute atomic E-state index is 10.2. The van der Waals surface area contributed by atoms with Crippen LogP contribution in [0.25, 0.3) is 0 Å². The minimum atomic E-state index is -0.104. The Kier molecular flexibility index (Phi) is 7.19. The Morgan fingerprint density at radius 3 is 2.52 bits per heavy atom. The highest BCUT2D eigenvalue weighted by molar-refractivity contribution is 5.38. The molecule has 0 aromatic carbocycles. The molecule has 0 radical (unpaired) electrons. The Bertz CT molecular complexity index is 630. The van der Waals surface area contributed by atoms with Gasteiger partial charge in [-0.25, -0.2) is 0 Å². The van der Waals surface area contributed by atoms with Gasteiger partial charge < -0.3 is 5.11 Å². The third-order valence-electron chi connectivity index (χ3n) is 9.57. The van der Waals surface area contributed by atoms with Crippen LogP contribution in [0.1, 0.15) is 98.3 Å². The van der Waals surface area contributed by atoms with Gasteiger partial charge in [-0.15, -0.1) is 13.2 Å². The smallest absolute Gasteiger partial charge is 0.0578 e. The largest absolute Gasteiger partial charge is 0.393 e. The molecule has 4 rings (SSSR count). The highest BCUT2D eigenvalue weighted by Crippen LogP contribution is 2.66. The molecular weight excluding hydrogens is 352 g/mol. The van der Waals surface area contributed by atoms with Crippen molar-refractivity contribution >= 4 is 0 Å². The lowest BCUT2D eigenvalue weighted by Crippen LogP contribution is -2.46. The van der Waals surface area contributed by atoms with Crippen molar-refractivity contribution in [1.82, 2.24) is 0 Å². The van der Waals surface area contributed by atoms with Gasteiger partial charge in [-0.05, 0) is 79.4 Å². The van der Waals surface area contributed by atoms with Crippen molar-refractivity contribution < 1.29 is 5.11 Å². The Morgan fingerprint density at radius 2 is 1.79 bits per heavy atom. The summed E-state index contributed by atoms with van der Waals surface area (Å²) in [5, 5.41) is 10.2. The molecule has 0 saturated heterocycles. The van der Waals surface area contributed by atoms with Crippen LogP contribution in [0.3, 0.4) is 0 Å². The summed E-state index contributed by atoms with van der Waals surface area (Å²) in [6.45, 7) is 16.0. The van der Waals surface area contributed by atoms with Crippen molar-refractivity contribution in [1.29, 1.82) is 0 Å². The molecule has 29 heavy (non-hydrogen) atoms. The Labute approximate surface area is 180 Å². The van der Waals surface area contributed by atoms with Crippen molar-refractivity contribution in [3.63, 3.8) is 0 Å². The zero-order chi connectivity index (χ0) is 21.2. The van der Waals surface area contributed by atoms with E-state index in [4.69, 9.17) is 0 Å². The first kappa shape index (κ1) is 22.9. The number of allylic oxidation sites excluding steroid dienone is 3. The van der Waals surface area contributed by atoms with Gasteiger partial charge in [-0.2, -0.15) is 0 Å². The molecule has 0 spiro atoms. The van der Waals surface area contributed by atoms with Gasteiger partial charge in [0.15, 0.2) is 0 Å². The average Bonchev–Trinajstić information content (AvgIpc) is 3.07. The third kappa shape index (κ3) is 3.93. The molecular formula is C28H46O. The monoisotopic (exact) mass is 398 g/mol. The van der Waals surface area contributed by atoms with Gasteiger partial charge in [0.1, 0.15) is 0 Å². The van der Waals surface area contributed by atoms with E-state index in [2.05, 4.69) is 53.0 Å². The summed E-state index contributed by atoms with van der Waals surface area (Å²) in [5.41, 5.74) is 4.20. The zero-order valence-corrected chi connectivity index (χ0v) is 19.7. The van der Waals surface area contributed by atoms with Gasteiger partial charge >= 0.3 is 0 Å². The summed E-state index contributed by atoms with van der Waals surface area (Å²) in [6, 6.07) is 0. The van der Waals surface area contributed by atoms with Crippen molar-refractivity contribution in [2.45, 2.75) is 104 Å². The number of fused-ring (bicyclic) bond motifs is 5. The summed E-state index contributed by atoms with van der Waals surface area (Å²) < 4.78 is 0. The van der Waals surface area contributed by atoms with Crippen molar-refractivity contribution in [2.24, 2.45) is 34.5 Å². The fraction of sp³-hybridized carbons (Fsp3) is 0.786. The van der Waals surface area contributed by atoms with Gasteiger partial charge in [0.25, 0.3) is 0 Å². The van der Waals surface area contributed by atoms with E-state index >= 15 is 0 Å². The van der Waals surface area contributed by atoms with Gasteiger partial charge in [0.2, 0.25) is 0 Å². The molecule has 0 aliphatic heterocycles. The molecule has 1 N–H and O–H groups in total. The summed E-state index contributed by atoms with van der Waals surface area (Å²) in [4.78, 5) is 0. The lowest BCUT2D eigenvalue weighted by molar-refractivity contribution is 0.0323. The first-order valence-electron chi connectivity index (χ1n) is 12.5. The van der Waals surface area contributed by atoms with Crippen LogP contribution in [-0.2, 0) is 0 Å². The van der Waals surface area contributed by atoms with Crippen molar-refractivity contribution in [3.05, 3.63) is 36.5 Å². The molecule has 0 heterocycles. The lowest BCUT2D eigenvalue weighted by Gasteiger charge is -2.55. The fourth-order valence-corrected chi connectivity index (χ4v) is 7.88. The molecule has 3 saturated carbocycles. The lowest BCUT2D eigenvalue weighted by atomic mass is 9.50. The maximum atomic E-state index is 10.2. The van der Waals surface area contributed by atoms with E-state index in [1.165, 1.54) is 57.8 Å². The molecule has 3 fully saturated rings. The average molecular weight is 399 g/mol. The standard InChI is InChI=1S/C26H42O.C2H4/c1-5-6-7-8-18(2)22-11-12-23-21-10-9-19-17-20(27)13-15-25(19,3)24(21)14-16-26(22,23)4;1-2/h9-10,18,20,22-24,27H,5-8,11-17H2,1-4H3;1-2H2/t18-,20+,22-,23+,24+,25+,26-;/m1./s1. The quantitative estimate of drug-likeness (QED) is 0.369. The number of aliphatic hydroxyl groups is 1. The normalized spacial score (nSPS) is 41.7. The minimum Gasteiger partial charge on any atom is -0.393 e. The summed E-state index contributed by atoms with van der Waals surface area (Å²) in [6.07, 6.45) is 19.2. The van der Waals surface area contributed by atoms with E-state index in [0.29, 0.717) is 10.8 Å².